The highest BCUT2D eigenvalue weighted by Crippen LogP contribution is 2.63. The van der Waals surface area contributed by atoms with Crippen molar-refractivity contribution in [1.29, 1.82) is 0 Å². The predicted octanol–water partition coefficient (Wildman–Crippen LogP) is 6.55. The molecule has 31 heavy (non-hydrogen) atoms. The first-order valence-corrected chi connectivity index (χ1v) is 13.0. The van der Waals surface area contributed by atoms with Gasteiger partial charge < -0.3 is 9.84 Å². The van der Waals surface area contributed by atoms with Crippen LogP contribution in [-0.4, -0.2) is 28.7 Å². The molecule has 0 aromatic heterocycles. The van der Waals surface area contributed by atoms with E-state index in [4.69, 9.17) is 4.74 Å². The zero-order valence-corrected chi connectivity index (χ0v) is 20.6. The van der Waals surface area contributed by atoms with Crippen LogP contribution in [0.2, 0.25) is 0 Å². The van der Waals surface area contributed by atoms with E-state index in [0.717, 1.165) is 44.6 Å². The van der Waals surface area contributed by atoms with Crippen LogP contribution in [0.1, 0.15) is 105 Å². The molecule has 3 heteroatoms. The average Bonchev–Trinajstić information content (AvgIpc) is 3.53. The summed E-state index contributed by atoms with van der Waals surface area (Å²) in [6.45, 7) is 11.0. The molecule has 4 unspecified atom stereocenters. The van der Waals surface area contributed by atoms with Crippen molar-refractivity contribution in [2.45, 2.75) is 116 Å². The maximum atomic E-state index is 12.3. The van der Waals surface area contributed by atoms with Gasteiger partial charge in [0, 0.05) is 12.0 Å². The summed E-state index contributed by atoms with van der Waals surface area (Å²) in [6.07, 6.45) is 14.6. The van der Waals surface area contributed by atoms with Crippen LogP contribution in [0, 0.1) is 23.2 Å². The van der Waals surface area contributed by atoms with E-state index in [2.05, 4.69) is 19.9 Å². The van der Waals surface area contributed by atoms with Gasteiger partial charge >= 0.3 is 0 Å². The molecule has 0 heterocycles. The third kappa shape index (κ3) is 3.88. The fourth-order valence-corrected chi connectivity index (χ4v) is 7.34. The lowest BCUT2D eigenvalue weighted by molar-refractivity contribution is -0.150. The zero-order valence-electron chi connectivity index (χ0n) is 20.6. The number of rotatable bonds is 5. The molecule has 0 aromatic carbocycles. The van der Waals surface area contributed by atoms with Crippen molar-refractivity contribution in [2.75, 3.05) is 6.61 Å². The van der Waals surface area contributed by atoms with E-state index in [1.165, 1.54) is 32.1 Å². The van der Waals surface area contributed by atoms with Gasteiger partial charge in [-0.1, -0.05) is 45.3 Å². The van der Waals surface area contributed by atoms with Crippen molar-refractivity contribution in [3.05, 3.63) is 22.8 Å². The van der Waals surface area contributed by atoms with Crippen LogP contribution in [0.3, 0.4) is 0 Å². The third-order valence-corrected chi connectivity index (χ3v) is 9.49. The van der Waals surface area contributed by atoms with Gasteiger partial charge in [-0.3, -0.25) is 4.79 Å². The number of fused-ring (bicyclic) bond motifs is 4. The van der Waals surface area contributed by atoms with E-state index in [-0.39, 0.29) is 16.8 Å². The Morgan fingerprint density at radius 1 is 1.13 bits per heavy atom. The Bertz CT molecular complexity index is 775. The highest BCUT2D eigenvalue weighted by atomic mass is 16.5. The Morgan fingerprint density at radius 3 is 2.55 bits per heavy atom. The van der Waals surface area contributed by atoms with Crippen molar-refractivity contribution in [3.63, 3.8) is 0 Å². The highest BCUT2D eigenvalue weighted by Gasteiger charge is 2.62. The summed E-state index contributed by atoms with van der Waals surface area (Å²) in [4.78, 5) is 12.3. The lowest BCUT2D eigenvalue weighted by Crippen LogP contribution is -2.53. The lowest BCUT2D eigenvalue weighted by atomic mass is 9.55. The van der Waals surface area contributed by atoms with Gasteiger partial charge in [0.15, 0.2) is 5.78 Å². The average molecular weight is 429 g/mol. The zero-order chi connectivity index (χ0) is 22.4. The van der Waals surface area contributed by atoms with E-state index < -0.39 is 5.60 Å². The lowest BCUT2D eigenvalue weighted by Gasteiger charge is -2.50. The van der Waals surface area contributed by atoms with Crippen molar-refractivity contribution < 1.29 is 14.6 Å². The van der Waals surface area contributed by atoms with E-state index >= 15 is 0 Å². The quantitative estimate of drug-likeness (QED) is 0.540. The number of Topliss-reactive ketones (excluding diaryl/α,β-unsaturated/α-hetero) is 1. The summed E-state index contributed by atoms with van der Waals surface area (Å²) < 4.78 is 6.42. The second-order valence-corrected chi connectivity index (χ2v) is 11.3. The Labute approximate surface area is 189 Å². The molecule has 5 aliphatic rings. The van der Waals surface area contributed by atoms with E-state index in [9.17, 15) is 9.90 Å². The Hall–Kier alpha value is -0.930. The molecule has 2 saturated carbocycles. The van der Waals surface area contributed by atoms with Crippen LogP contribution in [0.4, 0.5) is 0 Å². The standard InChI is InChI=1S/C26H38O3.C2H6/c1-17(27)26(28)14-10-23-22-7-6-19-16-24(2,29-15-11-18-4-5-18)12-8-20(19)21(22)9-13-25(23,26)3;1-2/h9,18,22-23,28H,4-8,10-16H2,1-3H3;1-2H3/t22?,23?,24?,25?,26-;/m0./s1. The number of ether oxygens (including phenoxy) is 1. The third-order valence-electron chi connectivity index (χ3n) is 9.49. The van der Waals surface area contributed by atoms with Gasteiger partial charge in [0.1, 0.15) is 5.60 Å². The maximum absolute atomic E-state index is 12.3. The number of carbonyl (C=O) groups excluding carboxylic acids is 1. The first kappa shape index (κ1) is 23.2. The SMILES string of the molecule is CC.CC(=O)[C@@]1(O)CCC2C3CCC4=C(CCC(C)(OCCC5CC5)C4)C3=CCC21C. The van der Waals surface area contributed by atoms with E-state index in [1.54, 1.807) is 23.6 Å². The van der Waals surface area contributed by atoms with Crippen molar-refractivity contribution in [2.24, 2.45) is 23.2 Å². The molecule has 0 aromatic rings. The van der Waals surface area contributed by atoms with Crippen LogP contribution in [0.25, 0.3) is 0 Å². The minimum atomic E-state index is -1.13. The van der Waals surface area contributed by atoms with Crippen LogP contribution >= 0.6 is 0 Å². The molecular formula is C28H44O3. The molecule has 2 fully saturated rings. The van der Waals surface area contributed by atoms with Gasteiger partial charge in [-0.25, -0.2) is 0 Å². The maximum Gasteiger partial charge on any atom is 0.161 e. The fourth-order valence-electron chi connectivity index (χ4n) is 7.34. The van der Waals surface area contributed by atoms with Gasteiger partial charge in [-0.2, -0.15) is 0 Å². The molecule has 5 atom stereocenters. The Kier molecular flexibility index (Phi) is 6.33. The fraction of sp³-hybridized carbons (Fsp3) is 0.821. The number of allylic oxidation sites excluding steroid dienone is 3. The molecule has 0 saturated heterocycles. The first-order valence-electron chi connectivity index (χ1n) is 13.0. The summed E-state index contributed by atoms with van der Waals surface area (Å²) in [5, 5.41) is 11.2. The van der Waals surface area contributed by atoms with Gasteiger partial charge in [0.25, 0.3) is 0 Å². The molecule has 1 N–H and O–H groups in total. The van der Waals surface area contributed by atoms with Gasteiger partial charge in [-0.15, -0.1) is 0 Å². The second kappa shape index (κ2) is 8.45. The molecule has 3 nitrogen and oxygen atoms in total. The van der Waals surface area contributed by atoms with Crippen LogP contribution < -0.4 is 0 Å². The molecule has 0 spiro atoms. The number of carbonyl (C=O) groups is 1. The second-order valence-electron chi connectivity index (χ2n) is 11.3. The smallest absolute Gasteiger partial charge is 0.161 e. The first-order chi connectivity index (χ1) is 14.8. The number of hydrogen-bond donors (Lipinski definition) is 1. The molecule has 0 bridgehead atoms. The normalized spacial score (nSPS) is 41.4. The summed E-state index contributed by atoms with van der Waals surface area (Å²) in [6, 6.07) is 0. The Balaban J connectivity index is 0.00000112. The molecule has 0 aliphatic heterocycles. The van der Waals surface area contributed by atoms with Crippen molar-refractivity contribution in [1.82, 2.24) is 0 Å². The monoisotopic (exact) mass is 428 g/mol. The largest absolute Gasteiger partial charge is 0.381 e. The van der Waals surface area contributed by atoms with Crippen LogP contribution in [0.15, 0.2) is 22.8 Å². The molecule has 5 aliphatic carbocycles. The highest BCUT2D eigenvalue weighted by molar-refractivity contribution is 5.86. The summed E-state index contributed by atoms with van der Waals surface area (Å²) in [5.41, 5.74) is 3.42. The number of hydrogen-bond acceptors (Lipinski definition) is 3. The minimum Gasteiger partial charge on any atom is -0.381 e. The Morgan fingerprint density at radius 2 is 1.87 bits per heavy atom. The molecule has 0 radical (unpaired) electrons. The van der Waals surface area contributed by atoms with Crippen LogP contribution in [0.5, 0.6) is 0 Å². The van der Waals surface area contributed by atoms with Gasteiger partial charge in [0.2, 0.25) is 0 Å². The van der Waals surface area contributed by atoms with Gasteiger partial charge in [0.05, 0.1) is 5.60 Å². The molecule has 174 valence electrons. The molecular weight excluding hydrogens is 384 g/mol. The molecule has 0 amide bonds. The summed E-state index contributed by atoms with van der Waals surface area (Å²) >= 11 is 0. The topological polar surface area (TPSA) is 46.5 Å². The summed E-state index contributed by atoms with van der Waals surface area (Å²) in [5.74, 6) is 1.87. The van der Waals surface area contributed by atoms with E-state index in [0.29, 0.717) is 18.3 Å². The minimum absolute atomic E-state index is 0.0204. The predicted molar refractivity (Wildman–Crippen MR) is 126 cm³/mol. The number of aliphatic hydroxyl groups is 1. The molecule has 5 rings (SSSR count). The van der Waals surface area contributed by atoms with E-state index in [1.807, 2.05) is 13.8 Å². The van der Waals surface area contributed by atoms with Crippen LogP contribution in [-0.2, 0) is 9.53 Å². The van der Waals surface area contributed by atoms with Crippen molar-refractivity contribution >= 4 is 5.78 Å². The summed E-state index contributed by atoms with van der Waals surface area (Å²) in [7, 11) is 0. The number of ketones is 1. The van der Waals surface area contributed by atoms with Crippen molar-refractivity contribution in [3.8, 4) is 0 Å². The van der Waals surface area contributed by atoms with Gasteiger partial charge in [-0.05, 0) is 101 Å².